The van der Waals surface area contributed by atoms with Crippen LogP contribution in [-0.2, 0) is 20.2 Å². The van der Waals surface area contributed by atoms with Gasteiger partial charge in [-0.3, -0.25) is 4.79 Å². The monoisotopic (exact) mass is 514 g/mol. The second-order valence-corrected chi connectivity index (χ2v) is 9.22. The van der Waals surface area contributed by atoms with Gasteiger partial charge in [0.25, 0.3) is 11.8 Å². The maximum Gasteiger partial charge on any atom is 0.273 e. The molecule has 196 valence electrons. The second-order valence-electron chi connectivity index (χ2n) is 9.22. The van der Waals surface area contributed by atoms with Crippen LogP contribution in [-0.4, -0.2) is 41.3 Å². The Balaban J connectivity index is 1.71. The van der Waals surface area contributed by atoms with E-state index in [1.165, 1.54) is 26.0 Å². The summed E-state index contributed by atoms with van der Waals surface area (Å²) < 4.78 is 82.5. The summed E-state index contributed by atoms with van der Waals surface area (Å²) in [5, 5.41) is 5.31. The van der Waals surface area contributed by atoms with Gasteiger partial charge >= 0.3 is 0 Å². The quantitative estimate of drug-likeness (QED) is 0.464. The first-order valence-corrected chi connectivity index (χ1v) is 11.5. The Morgan fingerprint density at radius 3 is 2.50 bits per heavy atom. The van der Waals surface area contributed by atoms with Crippen molar-refractivity contribution in [2.24, 2.45) is 0 Å². The molecular weight excluding hydrogens is 487 g/mol. The molecule has 0 spiro atoms. The highest BCUT2D eigenvalue weighted by atomic mass is 19.3. The minimum absolute atomic E-state index is 0.00737. The number of carbonyl (C=O) groups excluding carboxylic acids is 1. The number of benzene rings is 1. The van der Waals surface area contributed by atoms with Gasteiger partial charge in [-0.05, 0) is 26.7 Å². The third-order valence-corrected chi connectivity index (χ3v) is 6.23. The summed E-state index contributed by atoms with van der Waals surface area (Å²) >= 11 is 0. The highest BCUT2D eigenvalue weighted by molar-refractivity contribution is 5.83. The van der Waals surface area contributed by atoms with Crippen molar-refractivity contribution in [1.82, 2.24) is 15.3 Å². The number of nitrogens with zero attached hydrogens (tertiary/aromatic N) is 2. The third-order valence-electron chi connectivity index (χ3n) is 6.23. The molecule has 7 nitrogen and oxygen atoms in total. The first kappa shape index (κ1) is 26.2. The first-order chi connectivity index (χ1) is 17.0. The lowest BCUT2D eigenvalue weighted by molar-refractivity contribution is -0.127. The first-order valence-electron chi connectivity index (χ1n) is 11.5. The van der Waals surface area contributed by atoms with Crippen LogP contribution in [0.4, 0.5) is 27.8 Å². The molecular formula is C24H27F5N4O3. The van der Waals surface area contributed by atoms with E-state index in [-0.39, 0.29) is 41.7 Å². The Hall–Kier alpha value is -2.86. The minimum Gasteiger partial charge on any atom is -0.363 e. The molecule has 1 amide bonds. The molecule has 1 unspecified atom stereocenters. The van der Waals surface area contributed by atoms with Gasteiger partial charge in [0.15, 0.2) is 6.29 Å². The molecule has 2 heterocycles. The zero-order chi connectivity index (χ0) is 26.3. The molecule has 1 aromatic heterocycles. The van der Waals surface area contributed by atoms with Crippen molar-refractivity contribution in [2.75, 3.05) is 25.2 Å². The number of rotatable bonds is 9. The van der Waals surface area contributed by atoms with Gasteiger partial charge in [-0.15, -0.1) is 0 Å². The average Bonchev–Trinajstić information content (AvgIpc) is 3.37. The Bertz CT molecular complexity index is 1130. The fourth-order valence-corrected chi connectivity index (χ4v) is 4.06. The van der Waals surface area contributed by atoms with Gasteiger partial charge in [-0.1, -0.05) is 18.2 Å². The number of carbonyl (C=O) groups is 1. The lowest BCUT2D eigenvalue weighted by Gasteiger charge is -2.24. The van der Waals surface area contributed by atoms with E-state index < -0.39 is 53.9 Å². The van der Waals surface area contributed by atoms with Crippen molar-refractivity contribution in [1.29, 1.82) is 0 Å². The van der Waals surface area contributed by atoms with Crippen molar-refractivity contribution < 1.29 is 36.2 Å². The van der Waals surface area contributed by atoms with Crippen molar-refractivity contribution >= 4 is 11.7 Å². The summed E-state index contributed by atoms with van der Waals surface area (Å²) in [4.78, 5) is 21.0. The Labute approximate surface area is 204 Å². The zero-order valence-corrected chi connectivity index (χ0v) is 20.0. The number of anilines is 1. The predicted octanol–water partition coefficient (Wildman–Crippen LogP) is 4.88. The van der Waals surface area contributed by atoms with Gasteiger partial charge in [0.1, 0.15) is 24.1 Å². The van der Waals surface area contributed by atoms with Crippen LogP contribution in [0, 0.1) is 12.7 Å². The van der Waals surface area contributed by atoms with Gasteiger partial charge < -0.3 is 20.1 Å². The number of amides is 1. The highest BCUT2D eigenvalue weighted by Gasteiger charge is 2.46. The van der Waals surface area contributed by atoms with Crippen molar-refractivity contribution in [2.45, 2.75) is 63.6 Å². The molecule has 1 aromatic carbocycles. The van der Waals surface area contributed by atoms with Crippen molar-refractivity contribution in [3.8, 4) is 0 Å². The molecule has 12 heteroatoms. The van der Waals surface area contributed by atoms with Crippen LogP contribution in [0.5, 0.6) is 0 Å². The number of ether oxygens (including phenoxy) is 2. The Morgan fingerprint density at radius 1 is 1.25 bits per heavy atom. The molecule has 2 atom stereocenters. The van der Waals surface area contributed by atoms with E-state index in [0.717, 1.165) is 6.07 Å². The molecule has 4 rings (SSSR count). The summed E-state index contributed by atoms with van der Waals surface area (Å²) in [6, 6.07) is 2.75. The number of alkyl halides is 4. The third kappa shape index (κ3) is 5.29. The average molecular weight is 514 g/mol. The molecule has 2 aromatic rings. The van der Waals surface area contributed by atoms with Crippen molar-refractivity contribution in [3.05, 3.63) is 52.2 Å². The molecule has 0 radical (unpaired) electrons. The highest BCUT2D eigenvalue weighted by Crippen LogP contribution is 2.40. The van der Waals surface area contributed by atoms with Gasteiger partial charge in [0, 0.05) is 12.5 Å². The molecule has 1 saturated carbocycles. The molecule has 1 aliphatic heterocycles. The van der Waals surface area contributed by atoms with E-state index in [1.807, 2.05) is 0 Å². The normalized spacial score (nSPS) is 19.1. The number of aromatic nitrogens is 2. The predicted molar refractivity (Wildman–Crippen MR) is 119 cm³/mol. The molecule has 2 N–H and O–H groups in total. The van der Waals surface area contributed by atoms with Crippen LogP contribution in [0.25, 0.3) is 0 Å². The summed E-state index contributed by atoms with van der Waals surface area (Å²) in [5.41, 5.74) is -2.26. The van der Waals surface area contributed by atoms with Gasteiger partial charge in [0.05, 0.1) is 41.6 Å². The maximum absolute atomic E-state index is 15.5. The van der Waals surface area contributed by atoms with E-state index >= 15 is 4.39 Å². The second kappa shape index (κ2) is 9.89. The van der Waals surface area contributed by atoms with Crippen molar-refractivity contribution in [3.63, 3.8) is 0 Å². The lowest BCUT2D eigenvalue weighted by atomic mass is 10.0. The van der Waals surface area contributed by atoms with Gasteiger partial charge in [0.2, 0.25) is 6.17 Å². The van der Waals surface area contributed by atoms with E-state index in [9.17, 15) is 22.4 Å². The van der Waals surface area contributed by atoms with Crippen LogP contribution in [0.3, 0.4) is 0 Å². The summed E-state index contributed by atoms with van der Waals surface area (Å²) in [5.74, 6) is -5.48. The number of aryl methyl sites for hydroxylation is 1. The SMILES string of the molecule is Cc1nc(N[C@H](C)c2cccc(C(C)(F)F)c2F)c(C2OCCO2)c(C(F)C(=O)NC2(CF)CC2)n1. The topological polar surface area (TPSA) is 85.4 Å². The van der Waals surface area contributed by atoms with E-state index in [0.29, 0.717) is 19.8 Å². The largest absolute Gasteiger partial charge is 0.363 e. The minimum atomic E-state index is -3.40. The summed E-state index contributed by atoms with van der Waals surface area (Å²) in [7, 11) is 0. The van der Waals surface area contributed by atoms with E-state index in [2.05, 4.69) is 20.6 Å². The maximum atomic E-state index is 15.5. The van der Waals surface area contributed by atoms with Gasteiger partial charge in [-0.25, -0.2) is 31.9 Å². The number of hydrogen-bond acceptors (Lipinski definition) is 6. The lowest BCUT2D eigenvalue weighted by Crippen LogP contribution is -2.41. The molecule has 2 aliphatic rings. The van der Waals surface area contributed by atoms with Crippen LogP contribution in [0.1, 0.15) is 73.4 Å². The Morgan fingerprint density at radius 2 is 1.92 bits per heavy atom. The standard InChI is InChI=1S/C24H27F5N4O3/c1-12(14-5-4-6-15(17(14)26)23(3,28)29)30-20-16(22-35-9-10-36-22)19(31-13(2)32-20)18(27)21(34)33-24(11-25)7-8-24/h4-6,12,18,22H,7-11H2,1-3H3,(H,33,34)(H,30,31,32)/t12-,18?/m1/s1. The van der Waals surface area contributed by atoms with Crippen LogP contribution in [0.2, 0.25) is 0 Å². The fraction of sp³-hybridized carbons (Fsp3) is 0.542. The molecule has 36 heavy (non-hydrogen) atoms. The van der Waals surface area contributed by atoms with Crippen LogP contribution < -0.4 is 10.6 Å². The zero-order valence-electron chi connectivity index (χ0n) is 20.0. The summed E-state index contributed by atoms with van der Waals surface area (Å²) in [6.07, 6.45) is -2.63. The molecule has 1 saturated heterocycles. The smallest absolute Gasteiger partial charge is 0.273 e. The van der Waals surface area contributed by atoms with Gasteiger partial charge in [-0.2, -0.15) is 0 Å². The van der Waals surface area contributed by atoms with E-state index in [4.69, 9.17) is 9.47 Å². The molecule has 1 aliphatic carbocycles. The molecule has 0 bridgehead atoms. The number of nitrogens with one attached hydrogen (secondary N) is 2. The summed E-state index contributed by atoms with van der Waals surface area (Å²) in [6.45, 7) is 3.13. The van der Waals surface area contributed by atoms with Crippen LogP contribution in [0.15, 0.2) is 18.2 Å². The Kier molecular flexibility index (Phi) is 7.20. The molecule has 2 fully saturated rings. The van der Waals surface area contributed by atoms with Crippen LogP contribution >= 0.6 is 0 Å². The fourth-order valence-electron chi connectivity index (χ4n) is 4.06. The van der Waals surface area contributed by atoms with E-state index in [1.54, 1.807) is 0 Å². The number of hydrogen-bond donors (Lipinski definition) is 2. The number of halogens is 5.